The van der Waals surface area contributed by atoms with Gasteiger partial charge in [0.15, 0.2) is 0 Å². The number of fused-ring (bicyclic) bond motifs is 1. The standard InChI is InChI=1S/C8H16N2O/c9-5-7-1-2-10-3-4-11-6-8(7)10/h7-8H,1-6,9H2. The average Bonchev–Trinajstić information content (AvgIpc) is 2.47. The molecule has 2 saturated heterocycles. The Balaban J connectivity index is 1.98. The van der Waals surface area contributed by atoms with Crippen LogP contribution < -0.4 is 5.73 Å². The van der Waals surface area contributed by atoms with Crippen molar-refractivity contribution in [3.05, 3.63) is 0 Å². The lowest BCUT2D eigenvalue weighted by molar-refractivity contribution is 0.00171. The van der Waals surface area contributed by atoms with Gasteiger partial charge in [-0.25, -0.2) is 0 Å². The van der Waals surface area contributed by atoms with E-state index in [9.17, 15) is 0 Å². The van der Waals surface area contributed by atoms with E-state index in [0.717, 1.165) is 26.3 Å². The lowest BCUT2D eigenvalue weighted by Gasteiger charge is -2.31. The van der Waals surface area contributed by atoms with E-state index in [4.69, 9.17) is 10.5 Å². The topological polar surface area (TPSA) is 38.5 Å². The van der Waals surface area contributed by atoms with Gasteiger partial charge in [-0.15, -0.1) is 0 Å². The fourth-order valence-electron chi connectivity index (χ4n) is 2.17. The van der Waals surface area contributed by atoms with Crippen molar-refractivity contribution in [2.24, 2.45) is 11.7 Å². The van der Waals surface area contributed by atoms with Gasteiger partial charge in [-0.1, -0.05) is 0 Å². The van der Waals surface area contributed by atoms with Gasteiger partial charge >= 0.3 is 0 Å². The molecule has 2 heterocycles. The van der Waals surface area contributed by atoms with Gasteiger partial charge in [-0.3, -0.25) is 4.90 Å². The molecular formula is C8H16N2O. The van der Waals surface area contributed by atoms with Gasteiger partial charge in [0.25, 0.3) is 0 Å². The predicted molar refractivity (Wildman–Crippen MR) is 43.3 cm³/mol. The third-order valence-corrected chi connectivity index (χ3v) is 2.91. The molecule has 0 spiro atoms. The Bertz CT molecular complexity index is 134. The van der Waals surface area contributed by atoms with E-state index in [2.05, 4.69) is 4.90 Å². The molecule has 0 bridgehead atoms. The molecule has 2 atom stereocenters. The first-order valence-corrected chi connectivity index (χ1v) is 4.43. The molecule has 2 aliphatic heterocycles. The summed E-state index contributed by atoms with van der Waals surface area (Å²) in [5.41, 5.74) is 5.66. The number of hydrogen-bond acceptors (Lipinski definition) is 3. The lowest BCUT2D eigenvalue weighted by Crippen LogP contribution is -2.44. The van der Waals surface area contributed by atoms with Crippen molar-refractivity contribution >= 4 is 0 Å². The zero-order chi connectivity index (χ0) is 7.68. The van der Waals surface area contributed by atoms with Gasteiger partial charge in [-0.2, -0.15) is 0 Å². The van der Waals surface area contributed by atoms with Crippen molar-refractivity contribution in [3.8, 4) is 0 Å². The van der Waals surface area contributed by atoms with E-state index in [1.807, 2.05) is 0 Å². The van der Waals surface area contributed by atoms with E-state index in [0.29, 0.717) is 12.0 Å². The summed E-state index contributed by atoms with van der Waals surface area (Å²) < 4.78 is 5.42. The van der Waals surface area contributed by atoms with Crippen LogP contribution in [-0.4, -0.2) is 43.8 Å². The third-order valence-electron chi connectivity index (χ3n) is 2.91. The summed E-state index contributed by atoms with van der Waals surface area (Å²) in [4.78, 5) is 2.51. The molecular weight excluding hydrogens is 140 g/mol. The molecule has 2 aliphatic rings. The molecule has 3 nitrogen and oxygen atoms in total. The minimum Gasteiger partial charge on any atom is -0.378 e. The smallest absolute Gasteiger partial charge is 0.0625 e. The van der Waals surface area contributed by atoms with Gasteiger partial charge in [0.1, 0.15) is 0 Å². The highest BCUT2D eigenvalue weighted by atomic mass is 16.5. The van der Waals surface area contributed by atoms with E-state index in [-0.39, 0.29) is 0 Å². The van der Waals surface area contributed by atoms with E-state index >= 15 is 0 Å². The fraction of sp³-hybridized carbons (Fsp3) is 1.00. The van der Waals surface area contributed by atoms with E-state index in [1.165, 1.54) is 13.0 Å². The number of nitrogens with zero attached hydrogens (tertiary/aromatic N) is 1. The van der Waals surface area contributed by atoms with Crippen LogP contribution in [0.4, 0.5) is 0 Å². The van der Waals surface area contributed by atoms with Crippen LogP contribution in [0.5, 0.6) is 0 Å². The Morgan fingerprint density at radius 2 is 2.36 bits per heavy atom. The average molecular weight is 156 g/mol. The van der Waals surface area contributed by atoms with Crippen LogP contribution in [0.3, 0.4) is 0 Å². The summed E-state index contributed by atoms with van der Waals surface area (Å²) in [6, 6.07) is 0.633. The van der Waals surface area contributed by atoms with Crippen molar-refractivity contribution in [1.29, 1.82) is 0 Å². The molecule has 0 aromatic heterocycles. The molecule has 2 N–H and O–H groups in total. The molecule has 0 saturated carbocycles. The van der Waals surface area contributed by atoms with Crippen LogP contribution in [0.25, 0.3) is 0 Å². The van der Waals surface area contributed by atoms with Crippen LogP contribution in [0.15, 0.2) is 0 Å². The molecule has 0 aromatic rings. The second-order valence-electron chi connectivity index (χ2n) is 3.46. The molecule has 0 radical (unpaired) electrons. The first-order valence-electron chi connectivity index (χ1n) is 4.43. The van der Waals surface area contributed by atoms with Gasteiger partial charge in [-0.05, 0) is 25.4 Å². The van der Waals surface area contributed by atoms with Crippen molar-refractivity contribution in [3.63, 3.8) is 0 Å². The van der Waals surface area contributed by atoms with Crippen molar-refractivity contribution in [2.45, 2.75) is 12.5 Å². The fourth-order valence-corrected chi connectivity index (χ4v) is 2.17. The maximum Gasteiger partial charge on any atom is 0.0625 e. The highest BCUT2D eigenvalue weighted by Gasteiger charge is 2.34. The lowest BCUT2D eigenvalue weighted by atomic mass is 10.0. The highest BCUT2D eigenvalue weighted by molar-refractivity contribution is 4.89. The summed E-state index contributed by atoms with van der Waals surface area (Å²) in [7, 11) is 0. The maximum absolute atomic E-state index is 5.66. The Morgan fingerprint density at radius 1 is 1.45 bits per heavy atom. The van der Waals surface area contributed by atoms with Gasteiger partial charge < -0.3 is 10.5 Å². The Labute approximate surface area is 67.5 Å². The molecule has 2 fully saturated rings. The van der Waals surface area contributed by atoms with Crippen molar-refractivity contribution < 1.29 is 4.74 Å². The largest absolute Gasteiger partial charge is 0.378 e. The second-order valence-corrected chi connectivity index (χ2v) is 3.46. The van der Waals surface area contributed by atoms with Crippen molar-refractivity contribution in [1.82, 2.24) is 4.90 Å². The third kappa shape index (κ3) is 1.28. The first kappa shape index (κ1) is 7.53. The summed E-state index contributed by atoms with van der Waals surface area (Å²) >= 11 is 0. The quantitative estimate of drug-likeness (QED) is 0.565. The summed E-state index contributed by atoms with van der Waals surface area (Å²) in [5, 5.41) is 0. The maximum atomic E-state index is 5.66. The number of morpholine rings is 1. The van der Waals surface area contributed by atoms with Gasteiger partial charge in [0, 0.05) is 12.6 Å². The highest BCUT2D eigenvalue weighted by Crippen LogP contribution is 2.25. The van der Waals surface area contributed by atoms with Crippen LogP contribution >= 0.6 is 0 Å². The van der Waals surface area contributed by atoms with Crippen molar-refractivity contribution in [2.75, 3.05) is 32.8 Å². The Hall–Kier alpha value is -0.120. The summed E-state index contributed by atoms with van der Waals surface area (Å²) in [5.74, 6) is 0.690. The zero-order valence-corrected chi connectivity index (χ0v) is 6.83. The number of nitrogens with two attached hydrogens (primary N) is 1. The predicted octanol–water partition coefficient (Wildman–Crippen LogP) is -0.334. The van der Waals surface area contributed by atoms with E-state index in [1.54, 1.807) is 0 Å². The molecule has 0 aromatic carbocycles. The summed E-state index contributed by atoms with van der Waals surface area (Å²) in [6.45, 7) is 4.98. The van der Waals surface area contributed by atoms with Crippen LogP contribution in [0, 0.1) is 5.92 Å². The Kier molecular flexibility index (Phi) is 2.11. The van der Waals surface area contributed by atoms with Crippen LogP contribution in [0.2, 0.25) is 0 Å². The Morgan fingerprint density at radius 3 is 3.18 bits per heavy atom. The SMILES string of the molecule is NCC1CCN2CCOCC12. The number of hydrogen-bond donors (Lipinski definition) is 1. The monoisotopic (exact) mass is 156 g/mol. The molecule has 3 heteroatoms. The number of rotatable bonds is 1. The molecule has 0 amide bonds. The van der Waals surface area contributed by atoms with Gasteiger partial charge in [0.2, 0.25) is 0 Å². The second kappa shape index (κ2) is 3.09. The van der Waals surface area contributed by atoms with Crippen LogP contribution in [0.1, 0.15) is 6.42 Å². The normalized spacial score (nSPS) is 39.0. The zero-order valence-electron chi connectivity index (χ0n) is 6.83. The molecule has 64 valence electrons. The molecule has 0 aliphatic carbocycles. The van der Waals surface area contributed by atoms with Gasteiger partial charge in [0.05, 0.1) is 13.2 Å². The molecule has 11 heavy (non-hydrogen) atoms. The number of ether oxygens (including phenoxy) is 1. The minimum absolute atomic E-state index is 0.633. The minimum atomic E-state index is 0.633. The molecule has 2 unspecified atom stereocenters. The summed E-state index contributed by atoms with van der Waals surface area (Å²) in [6.07, 6.45) is 1.27. The molecule has 2 rings (SSSR count). The van der Waals surface area contributed by atoms with E-state index < -0.39 is 0 Å². The van der Waals surface area contributed by atoms with Crippen LogP contribution in [-0.2, 0) is 4.74 Å². The first-order chi connectivity index (χ1) is 5.42.